The fourth-order valence-corrected chi connectivity index (χ4v) is 0.158. The zero-order valence-corrected chi connectivity index (χ0v) is 2.97. The SMILES string of the molecule is O=COC1C#C1. The minimum absolute atomic E-state index is 0.220. The smallest absolute Gasteiger partial charge is 0.295 e. The van der Waals surface area contributed by atoms with Gasteiger partial charge in [-0.15, -0.1) is 0 Å². The van der Waals surface area contributed by atoms with Crippen LogP contribution in [-0.2, 0) is 9.53 Å². The highest BCUT2D eigenvalue weighted by atomic mass is 16.5. The van der Waals surface area contributed by atoms with Gasteiger partial charge in [0.15, 0.2) is 0 Å². The molecule has 0 fully saturated rings. The van der Waals surface area contributed by atoms with Crippen molar-refractivity contribution in [3.63, 3.8) is 0 Å². The van der Waals surface area contributed by atoms with Crippen LogP contribution in [0.1, 0.15) is 0 Å². The maximum atomic E-state index is 9.35. The largest absolute Gasteiger partial charge is 0.439 e. The lowest BCUT2D eigenvalue weighted by molar-refractivity contribution is -0.128. The molecule has 2 heteroatoms. The molecule has 0 amide bonds. The van der Waals surface area contributed by atoms with Gasteiger partial charge in [-0.3, -0.25) is 4.79 Å². The van der Waals surface area contributed by atoms with E-state index in [9.17, 15) is 4.79 Å². The third-order valence-electron chi connectivity index (χ3n) is 0.454. The van der Waals surface area contributed by atoms with Crippen LogP contribution in [0.4, 0.5) is 0 Å². The zero-order chi connectivity index (χ0) is 4.41. The van der Waals surface area contributed by atoms with Gasteiger partial charge in [-0.05, 0) is 11.8 Å². The first kappa shape index (κ1) is 3.23. The van der Waals surface area contributed by atoms with Gasteiger partial charge in [0, 0.05) is 0 Å². The van der Waals surface area contributed by atoms with Crippen molar-refractivity contribution < 1.29 is 9.53 Å². The highest BCUT2D eigenvalue weighted by Crippen LogP contribution is 1.94. The van der Waals surface area contributed by atoms with Crippen LogP contribution in [0.3, 0.4) is 0 Å². The molecule has 0 saturated heterocycles. The van der Waals surface area contributed by atoms with Gasteiger partial charge < -0.3 is 4.74 Å². The van der Waals surface area contributed by atoms with Crippen LogP contribution in [0.25, 0.3) is 0 Å². The molecule has 0 saturated carbocycles. The summed E-state index contributed by atoms with van der Waals surface area (Å²) in [4.78, 5) is 9.35. The van der Waals surface area contributed by atoms with Gasteiger partial charge >= 0.3 is 0 Å². The van der Waals surface area contributed by atoms with Crippen molar-refractivity contribution in [1.29, 1.82) is 0 Å². The maximum absolute atomic E-state index is 9.35. The van der Waals surface area contributed by atoms with E-state index in [4.69, 9.17) is 0 Å². The highest BCUT2D eigenvalue weighted by molar-refractivity contribution is 5.45. The molecule has 0 atom stereocenters. The quantitative estimate of drug-likeness (QED) is 0.333. The van der Waals surface area contributed by atoms with Crippen LogP contribution in [-0.4, -0.2) is 12.6 Å². The molecule has 0 aromatic rings. The molecule has 1 aliphatic rings. The summed E-state index contributed by atoms with van der Waals surface area (Å²) in [5, 5.41) is 0. The van der Waals surface area contributed by atoms with Crippen LogP contribution in [0, 0.1) is 11.8 Å². The molecule has 0 unspecified atom stereocenters. The average Bonchev–Trinajstić information content (AvgIpc) is 2.21. The first-order chi connectivity index (χ1) is 2.93. The monoisotopic (exact) mass is 82.0 g/mol. The summed E-state index contributed by atoms with van der Waals surface area (Å²) in [5.74, 6) is 5.06. The Morgan fingerprint density at radius 2 is 2.33 bits per heavy atom. The van der Waals surface area contributed by atoms with Gasteiger partial charge in [0.25, 0.3) is 6.47 Å². The van der Waals surface area contributed by atoms with E-state index in [1.807, 2.05) is 0 Å². The number of hydrogen-bond donors (Lipinski definition) is 0. The average molecular weight is 82.1 g/mol. The van der Waals surface area contributed by atoms with E-state index in [2.05, 4.69) is 16.6 Å². The molecule has 0 aromatic carbocycles. The van der Waals surface area contributed by atoms with E-state index in [0.29, 0.717) is 6.47 Å². The maximum Gasteiger partial charge on any atom is 0.295 e. The fraction of sp³-hybridized carbons (Fsp3) is 0.250. The molecule has 2 nitrogen and oxygen atoms in total. The molecular weight excluding hydrogens is 80.0 g/mol. The fourth-order valence-electron chi connectivity index (χ4n) is 0.158. The first-order valence-electron chi connectivity index (χ1n) is 1.53. The van der Waals surface area contributed by atoms with Gasteiger partial charge in [-0.1, -0.05) is 0 Å². The summed E-state index contributed by atoms with van der Waals surface area (Å²) < 4.78 is 4.25. The van der Waals surface area contributed by atoms with Crippen LogP contribution in [0.15, 0.2) is 0 Å². The Morgan fingerprint density at radius 3 is 2.50 bits per heavy atom. The first-order valence-corrected chi connectivity index (χ1v) is 1.53. The number of hydrogen-bond acceptors (Lipinski definition) is 2. The lowest BCUT2D eigenvalue weighted by Gasteiger charge is -1.82. The molecule has 30 valence electrons. The third kappa shape index (κ3) is 0.494. The summed E-state index contributed by atoms with van der Waals surface area (Å²) in [7, 11) is 0. The van der Waals surface area contributed by atoms with E-state index < -0.39 is 0 Å². The Bertz CT molecular complexity index is 109. The molecule has 0 heterocycles. The minimum atomic E-state index is -0.220. The normalized spacial score (nSPS) is 14.7. The lowest BCUT2D eigenvalue weighted by atomic mass is 10.7. The lowest BCUT2D eigenvalue weighted by Crippen LogP contribution is -1.91. The highest BCUT2D eigenvalue weighted by Gasteiger charge is 2.07. The van der Waals surface area contributed by atoms with Gasteiger partial charge in [-0.25, -0.2) is 0 Å². The van der Waals surface area contributed by atoms with Crippen molar-refractivity contribution in [3.8, 4) is 11.8 Å². The predicted molar refractivity (Wildman–Crippen MR) is 18.7 cm³/mol. The molecule has 1 rings (SSSR count). The summed E-state index contributed by atoms with van der Waals surface area (Å²) in [6.07, 6.45) is -0.220. The molecule has 6 heavy (non-hydrogen) atoms. The van der Waals surface area contributed by atoms with Gasteiger partial charge in [0.1, 0.15) is 0 Å². The molecule has 0 aromatic heterocycles. The van der Waals surface area contributed by atoms with Crippen molar-refractivity contribution in [3.05, 3.63) is 0 Å². The molecule has 0 spiro atoms. The third-order valence-corrected chi connectivity index (χ3v) is 0.454. The Hall–Kier alpha value is -0.970. The molecular formula is C4H2O2. The second kappa shape index (κ2) is 1.02. The summed E-state index contributed by atoms with van der Waals surface area (Å²) >= 11 is 0. The van der Waals surface area contributed by atoms with Gasteiger partial charge in [-0.2, -0.15) is 0 Å². The Morgan fingerprint density at radius 1 is 1.67 bits per heavy atom. The summed E-state index contributed by atoms with van der Waals surface area (Å²) in [6.45, 7) is 0.387. The summed E-state index contributed by atoms with van der Waals surface area (Å²) in [5.41, 5.74) is 0. The topological polar surface area (TPSA) is 26.3 Å². The van der Waals surface area contributed by atoms with E-state index in [-0.39, 0.29) is 6.10 Å². The summed E-state index contributed by atoms with van der Waals surface area (Å²) in [6, 6.07) is 0. The van der Waals surface area contributed by atoms with Gasteiger partial charge in [0.2, 0.25) is 6.10 Å². The van der Waals surface area contributed by atoms with Crippen molar-refractivity contribution in [2.24, 2.45) is 0 Å². The van der Waals surface area contributed by atoms with Crippen LogP contribution in [0.5, 0.6) is 0 Å². The van der Waals surface area contributed by atoms with E-state index in [1.54, 1.807) is 0 Å². The number of ether oxygens (including phenoxy) is 1. The number of carbonyl (C=O) groups is 1. The molecule has 0 aliphatic heterocycles. The van der Waals surface area contributed by atoms with Crippen molar-refractivity contribution in [1.82, 2.24) is 0 Å². The van der Waals surface area contributed by atoms with Crippen LogP contribution in [0.2, 0.25) is 0 Å². The Balaban J connectivity index is 2.05. The van der Waals surface area contributed by atoms with Crippen LogP contribution >= 0.6 is 0 Å². The second-order valence-electron chi connectivity index (χ2n) is 0.901. The standard InChI is InChI=1S/C4H2O2/c5-3-6-4-1-2-4/h3-4H. The van der Waals surface area contributed by atoms with E-state index >= 15 is 0 Å². The predicted octanol–water partition coefficient (Wildman–Crippen LogP) is -0.455. The number of rotatable bonds is 2. The Labute approximate surface area is 35.1 Å². The van der Waals surface area contributed by atoms with Crippen LogP contribution < -0.4 is 0 Å². The Kier molecular flexibility index (Phi) is 0.548. The van der Waals surface area contributed by atoms with Crippen molar-refractivity contribution in [2.45, 2.75) is 6.10 Å². The van der Waals surface area contributed by atoms with E-state index in [0.717, 1.165) is 0 Å². The van der Waals surface area contributed by atoms with E-state index in [1.165, 1.54) is 0 Å². The molecule has 0 N–H and O–H groups in total. The second-order valence-corrected chi connectivity index (χ2v) is 0.901. The molecule has 0 bridgehead atoms. The number of carbonyl (C=O) groups excluding carboxylic acids is 1. The molecule has 1 aliphatic carbocycles. The zero-order valence-electron chi connectivity index (χ0n) is 2.97. The minimum Gasteiger partial charge on any atom is -0.439 e. The van der Waals surface area contributed by atoms with Crippen molar-refractivity contribution >= 4 is 6.47 Å². The van der Waals surface area contributed by atoms with Crippen molar-refractivity contribution in [2.75, 3.05) is 0 Å². The molecule has 0 radical (unpaired) electrons. The van der Waals surface area contributed by atoms with Gasteiger partial charge in [0.05, 0.1) is 0 Å².